The predicted octanol–water partition coefficient (Wildman–Crippen LogP) is 0.858. The summed E-state index contributed by atoms with van der Waals surface area (Å²) in [5.41, 5.74) is 0.478. The third-order valence-corrected chi connectivity index (χ3v) is 4.48. The van der Waals surface area contributed by atoms with Crippen molar-refractivity contribution in [2.45, 2.75) is 25.3 Å². The first-order chi connectivity index (χ1) is 12.1. The van der Waals surface area contributed by atoms with Crippen molar-refractivity contribution in [1.82, 2.24) is 16.0 Å². The van der Waals surface area contributed by atoms with E-state index in [0.29, 0.717) is 12.2 Å². The van der Waals surface area contributed by atoms with Gasteiger partial charge >= 0.3 is 5.97 Å². The zero-order chi connectivity index (χ0) is 18.1. The molecule has 1 aliphatic rings. The number of carbonyl (C=O) groups is 2. The standard InChI is InChI=1S/C18H27N3O4/c1-19-16(18(23)24)12-21-17(22)14-2-4-15(5-3-14)25-11-8-13-6-9-20-10-7-13/h2-5,13,16,19-20H,6-12H2,1H3,(H,21,22)(H,23,24). The molecule has 4 N–H and O–H groups in total. The van der Waals surface area contributed by atoms with E-state index in [1.165, 1.54) is 12.8 Å². The number of benzene rings is 1. The number of ether oxygens (including phenoxy) is 1. The smallest absolute Gasteiger partial charge is 0.322 e. The van der Waals surface area contributed by atoms with Crippen LogP contribution in [0.4, 0.5) is 0 Å². The van der Waals surface area contributed by atoms with E-state index < -0.39 is 12.0 Å². The molecule has 1 aromatic rings. The lowest BCUT2D eigenvalue weighted by atomic mass is 9.95. The molecule has 7 heteroatoms. The van der Waals surface area contributed by atoms with Gasteiger partial charge in [-0.05, 0) is 69.6 Å². The van der Waals surface area contributed by atoms with Gasteiger partial charge in [0.2, 0.25) is 0 Å². The van der Waals surface area contributed by atoms with Gasteiger partial charge in [0, 0.05) is 12.1 Å². The molecule has 138 valence electrons. The molecule has 1 fully saturated rings. The summed E-state index contributed by atoms with van der Waals surface area (Å²) < 4.78 is 5.75. The van der Waals surface area contributed by atoms with Crippen molar-refractivity contribution in [3.63, 3.8) is 0 Å². The summed E-state index contributed by atoms with van der Waals surface area (Å²) in [6.07, 6.45) is 3.45. The fourth-order valence-corrected chi connectivity index (χ4v) is 2.83. The molecule has 1 saturated heterocycles. The number of carbonyl (C=O) groups excluding carboxylic acids is 1. The number of hydrogen-bond donors (Lipinski definition) is 4. The van der Waals surface area contributed by atoms with Gasteiger partial charge in [0.1, 0.15) is 11.8 Å². The predicted molar refractivity (Wildman–Crippen MR) is 95.0 cm³/mol. The highest BCUT2D eigenvalue weighted by atomic mass is 16.5. The van der Waals surface area contributed by atoms with Gasteiger partial charge < -0.3 is 25.8 Å². The van der Waals surface area contributed by atoms with Crippen molar-refractivity contribution in [3.05, 3.63) is 29.8 Å². The highest BCUT2D eigenvalue weighted by Gasteiger charge is 2.16. The summed E-state index contributed by atoms with van der Waals surface area (Å²) >= 11 is 0. The van der Waals surface area contributed by atoms with Gasteiger partial charge in [-0.1, -0.05) is 0 Å². The summed E-state index contributed by atoms with van der Waals surface area (Å²) in [6.45, 7) is 2.88. The Bertz CT molecular complexity index is 556. The normalized spacial score (nSPS) is 16.2. The Morgan fingerprint density at radius 1 is 1.28 bits per heavy atom. The van der Waals surface area contributed by atoms with Crippen LogP contribution in [0.1, 0.15) is 29.6 Å². The van der Waals surface area contributed by atoms with Gasteiger partial charge in [-0.3, -0.25) is 9.59 Å². The highest BCUT2D eigenvalue weighted by molar-refractivity contribution is 5.94. The van der Waals surface area contributed by atoms with Crippen molar-refractivity contribution in [2.75, 3.05) is 33.3 Å². The lowest BCUT2D eigenvalue weighted by molar-refractivity contribution is -0.139. The van der Waals surface area contributed by atoms with E-state index in [0.717, 1.165) is 31.2 Å². The number of piperidine rings is 1. The van der Waals surface area contributed by atoms with Crippen molar-refractivity contribution in [2.24, 2.45) is 5.92 Å². The first kappa shape index (κ1) is 19.2. The van der Waals surface area contributed by atoms with Gasteiger partial charge in [-0.2, -0.15) is 0 Å². The molecule has 25 heavy (non-hydrogen) atoms. The number of amides is 1. The molecule has 0 bridgehead atoms. The second kappa shape index (κ2) is 10.0. The number of nitrogens with one attached hydrogen (secondary N) is 3. The Morgan fingerprint density at radius 3 is 2.56 bits per heavy atom. The van der Waals surface area contributed by atoms with Crippen LogP contribution in [-0.4, -0.2) is 56.3 Å². The van der Waals surface area contributed by atoms with Crippen LogP contribution in [0.2, 0.25) is 0 Å². The van der Waals surface area contributed by atoms with Crippen molar-refractivity contribution in [1.29, 1.82) is 0 Å². The summed E-state index contributed by atoms with van der Waals surface area (Å²) in [4.78, 5) is 22.9. The Hall–Kier alpha value is -2.12. The van der Waals surface area contributed by atoms with E-state index >= 15 is 0 Å². The lowest BCUT2D eigenvalue weighted by Gasteiger charge is -2.22. The first-order valence-corrected chi connectivity index (χ1v) is 8.72. The molecule has 1 aromatic carbocycles. The van der Waals surface area contributed by atoms with Gasteiger partial charge in [-0.15, -0.1) is 0 Å². The van der Waals surface area contributed by atoms with Gasteiger partial charge in [0.05, 0.1) is 6.61 Å². The molecule has 0 aromatic heterocycles. The lowest BCUT2D eigenvalue weighted by Crippen LogP contribution is -2.44. The molecule has 1 amide bonds. The SMILES string of the molecule is CNC(CNC(=O)c1ccc(OCCC2CCNCC2)cc1)C(=O)O. The number of carboxylic acids is 1. The van der Waals surface area contributed by atoms with E-state index in [9.17, 15) is 9.59 Å². The maximum absolute atomic E-state index is 12.0. The van der Waals surface area contributed by atoms with Crippen LogP contribution in [0.15, 0.2) is 24.3 Å². The Labute approximate surface area is 148 Å². The second-order valence-electron chi connectivity index (χ2n) is 6.24. The van der Waals surface area contributed by atoms with Gasteiger partial charge in [-0.25, -0.2) is 0 Å². The van der Waals surface area contributed by atoms with Crippen LogP contribution < -0.4 is 20.7 Å². The summed E-state index contributed by atoms with van der Waals surface area (Å²) in [5.74, 6) is 0.160. The zero-order valence-corrected chi connectivity index (χ0v) is 14.6. The number of likely N-dealkylation sites (N-methyl/N-ethyl adjacent to an activating group) is 1. The van der Waals surface area contributed by atoms with E-state index in [2.05, 4.69) is 16.0 Å². The molecule has 1 heterocycles. The maximum Gasteiger partial charge on any atom is 0.322 e. The summed E-state index contributed by atoms with van der Waals surface area (Å²) in [5, 5.41) is 17.5. The van der Waals surface area contributed by atoms with Gasteiger partial charge in [0.25, 0.3) is 5.91 Å². The average Bonchev–Trinajstić information content (AvgIpc) is 2.63. The molecular formula is C18H27N3O4. The van der Waals surface area contributed by atoms with E-state index in [1.54, 1.807) is 31.3 Å². The highest BCUT2D eigenvalue weighted by Crippen LogP contribution is 2.18. The molecule has 0 radical (unpaired) electrons. The molecule has 1 atom stereocenters. The van der Waals surface area contributed by atoms with E-state index in [-0.39, 0.29) is 12.5 Å². The van der Waals surface area contributed by atoms with Crippen LogP contribution in [-0.2, 0) is 4.79 Å². The van der Waals surface area contributed by atoms with Gasteiger partial charge in [0.15, 0.2) is 0 Å². The largest absolute Gasteiger partial charge is 0.494 e. The minimum Gasteiger partial charge on any atom is -0.494 e. The Balaban J connectivity index is 1.74. The molecule has 2 rings (SSSR count). The number of carboxylic acid groups (broad SMARTS) is 1. The number of rotatable bonds is 9. The second-order valence-corrected chi connectivity index (χ2v) is 6.24. The Morgan fingerprint density at radius 2 is 1.96 bits per heavy atom. The number of hydrogen-bond acceptors (Lipinski definition) is 5. The van der Waals surface area contributed by atoms with Crippen LogP contribution in [0.25, 0.3) is 0 Å². The molecule has 1 aliphatic heterocycles. The van der Waals surface area contributed by atoms with Crippen LogP contribution in [0, 0.1) is 5.92 Å². The summed E-state index contributed by atoms with van der Waals surface area (Å²) in [6, 6.07) is 6.10. The maximum atomic E-state index is 12.0. The third kappa shape index (κ3) is 6.36. The molecule has 7 nitrogen and oxygen atoms in total. The van der Waals surface area contributed by atoms with E-state index in [1.807, 2.05) is 0 Å². The average molecular weight is 349 g/mol. The number of aliphatic carboxylic acids is 1. The zero-order valence-electron chi connectivity index (χ0n) is 14.6. The third-order valence-electron chi connectivity index (χ3n) is 4.48. The fourth-order valence-electron chi connectivity index (χ4n) is 2.83. The minimum absolute atomic E-state index is 0.0269. The molecule has 0 saturated carbocycles. The van der Waals surface area contributed by atoms with Crippen LogP contribution in [0.3, 0.4) is 0 Å². The minimum atomic E-state index is -1.000. The molecule has 0 aliphatic carbocycles. The van der Waals surface area contributed by atoms with Crippen molar-refractivity contribution in [3.8, 4) is 5.75 Å². The molecule has 0 spiro atoms. The Kier molecular flexibility index (Phi) is 7.69. The fraction of sp³-hybridized carbons (Fsp3) is 0.556. The molecule has 1 unspecified atom stereocenters. The van der Waals surface area contributed by atoms with Crippen molar-refractivity contribution < 1.29 is 19.4 Å². The van der Waals surface area contributed by atoms with Crippen molar-refractivity contribution >= 4 is 11.9 Å². The van der Waals surface area contributed by atoms with E-state index in [4.69, 9.17) is 9.84 Å². The quantitative estimate of drug-likeness (QED) is 0.528. The summed E-state index contributed by atoms with van der Waals surface area (Å²) in [7, 11) is 1.54. The van der Waals surface area contributed by atoms with Crippen LogP contribution >= 0.6 is 0 Å². The van der Waals surface area contributed by atoms with Crippen LogP contribution in [0.5, 0.6) is 5.75 Å². The first-order valence-electron chi connectivity index (χ1n) is 8.72. The molecular weight excluding hydrogens is 322 g/mol. The topological polar surface area (TPSA) is 99.7 Å². The monoisotopic (exact) mass is 349 g/mol.